The molecule has 0 saturated carbocycles. The van der Waals surface area contributed by atoms with Crippen molar-refractivity contribution >= 4 is 23.2 Å². The van der Waals surface area contributed by atoms with Crippen LogP contribution in [0.1, 0.15) is 35.9 Å². The predicted molar refractivity (Wildman–Crippen MR) is 102 cm³/mol. The molecule has 3 heterocycles. The fourth-order valence-electron chi connectivity index (χ4n) is 3.06. The zero-order valence-electron chi connectivity index (χ0n) is 15.5. The maximum absolute atomic E-state index is 14.0. The molecule has 2 aromatic heterocycles. The molecule has 1 amide bonds. The summed E-state index contributed by atoms with van der Waals surface area (Å²) in [7, 11) is 0. The summed E-state index contributed by atoms with van der Waals surface area (Å²) in [5, 5.41) is 2.67. The van der Waals surface area contributed by atoms with Gasteiger partial charge in [-0.3, -0.25) is 14.5 Å². The van der Waals surface area contributed by atoms with E-state index < -0.39 is 17.3 Å². The SMILES string of the molecule is [C-]#[N+]c1ccc(NC(=O)CN2CCC(C)CC2)c(C(=O)c2ncccc2F)n1. The number of hydrogen-bond acceptors (Lipinski definition) is 5. The van der Waals surface area contributed by atoms with E-state index in [2.05, 4.69) is 32.0 Å². The van der Waals surface area contributed by atoms with Crippen LogP contribution in [0.15, 0.2) is 30.5 Å². The van der Waals surface area contributed by atoms with Crippen LogP contribution < -0.4 is 5.32 Å². The molecule has 0 unspecified atom stereocenters. The number of carbonyl (C=O) groups excluding carboxylic acids is 2. The van der Waals surface area contributed by atoms with Gasteiger partial charge in [0.05, 0.1) is 12.2 Å². The molecule has 0 bridgehead atoms. The van der Waals surface area contributed by atoms with Crippen LogP contribution in [-0.2, 0) is 4.79 Å². The molecule has 0 spiro atoms. The Morgan fingerprint density at radius 2 is 2.04 bits per heavy atom. The second kappa shape index (κ2) is 8.67. The van der Waals surface area contributed by atoms with E-state index in [1.54, 1.807) is 0 Å². The Labute approximate surface area is 162 Å². The fourth-order valence-corrected chi connectivity index (χ4v) is 3.06. The summed E-state index contributed by atoms with van der Waals surface area (Å²) in [6.07, 6.45) is 3.37. The number of aromatic nitrogens is 2. The summed E-state index contributed by atoms with van der Waals surface area (Å²) in [4.78, 5) is 38.2. The number of nitrogens with one attached hydrogen (secondary N) is 1. The summed E-state index contributed by atoms with van der Waals surface area (Å²) in [5.41, 5.74) is -0.470. The molecule has 8 heteroatoms. The van der Waals surface area contributed by atoms with Gasteiger partial charge in [-0.1, -0.05) is 13.5 Å². The lowest BCUT2D eigenvalue weighted by atomic mass is 9.99. The molecule has 1 aliphatic rings. The second-order valence-electron chi connectivity index (χ2n) is 6.85. The molecule has 1 N–H and O–H groups in total. The van der Waals surface area contributed by atoms with Crippen molar-refractivity contribution in [2.75, 3.05) is 25.0 Å². The van der Waals surface area contributed by atoms with Gasteiger partial charge in [-0.2, -0.15) is 0 Å². The van der Waals surface area contributed by atoms with Gasteiger partial charge in [0.1, 0.15) is 0 Å². The van der Waals surface area contributed by atoms with Crippen LogP contribution >= 0.6 is 0 Å². The van der Waals surface area contributed by atoms with Crippen molar-refractivity contribution in [3.8, 4) is 0 Å². The van der Waals surface area contributed by atoms with E-state index in [1.807, 2.05) is 0 Å². The minimum Gasteiger partial charge on any atom is -0.361 e. The van der Waals surface area contributed by atoms with Crippen LogP contribution in [0.5, 0.6) is 0 Å². The molecule has 1 saturated heterocycles. The van der Waals surface area contributed by atoms with Crippen LogP contribution in [0.3, 0.4) is 0 Å². The van der Waals surface area contributed by atoms with Crippen molar-refractivity contribution in [1.29, 1.82) is 0 Å². The Bertz CT molecular complexity index is 932. The van der Waals surface area contributed by atoms with Crippen molar-refractivity contribution in [2.24, 2.45) is 5.92 Å². The lowest BCUT2D eigenvalue weighted by Gasteiger charge is -2.29. The standard InChI is InChI=1S/C20H20FN5O2/c1-13-7-10-26(11-8-13)12-17(27)24-15-5-6-16(22-2)25-19(15)20(28)18-14(21)4-3-9-23-18/h3-6,9,13H,7-8,10-12H2,1H3,(H,24,27). The maximum Gasteiger partial charge on any atom is 0.270 e. The van der Waals surface area contributed by atoms with Gasteiger partial charge in [-0.25, -0.2) is 9.37 Å². The largest absolute Gasteiger partial charge is 0.361 e. The first kappa shape index (κ1) is 19.6. The molecular weight excluding hydrogens is 361 g/mol. The Hall–Kier alpha value is -3.18. The predicted octanol–water partition coefficient (Wildman–Crippen LogP) is 3.07. The Morgan fingerprint density at radius 1 is 1.29 bits per heavy atom. The zero-order chi connectivity index (χ0) is 20.1. The summed E-state index contributed by atoms with van der Waals surface area (Å²) in [6, 6.07) is 5.33. The molecule has 144 valence electrons. The molecule has 1 fully saturated rings. The van der Waals surface area contributed by atoms with E-state index in [9.17, 15) is 14.0 Å². The summed E-state index contributed by atoms with van der Waals surface area (Å²) >= 11 is 0. The normalized spacial score (nSPS) is 15.0. The quantitative estimate of drug-likeness (QED) is 0.636. The summed E-state index contributed by atoms with van der Waals surface area (Å²) in [6.45, 7) is 11.2. The van der Waals surface area contributed by atoms with Gasteiger partial charge in [0.25, 0.3) is 11.6 Å². The number of halogens is 1. The number of nitrogens with zero attached hydrogens (tertiary/aromatic N) is 4. The minimum absolute atomic E-state index is 0.0253. The molecule has 28 heavy (non-hydrogen) atoms. The maximum atomic E-state index is 14.0. The highest BCUT2D eigenvalue weighted by atomic mass is 19.1. The zero-order valence-corrected chi connectivity index (χ0v) is 15.5. The molecule has 2 aromatic rings. The van der Waals surface area contributed by atoms with Crippen molar-refractivity contribution in [2.45, 2.75) is 19.8 Å². The van der Waals surface area contributed by atoms with E-state index in [-0.39, 0.29) is 29.7 Å². The van der Waals surface area contributed by atoms with Crippen molar-refractivity contribution in [1.82, 2.24) is 14.9 Å². The fraction of sp³-hybridized carbons (Fsp3) is 0.350. The number of piperidine rings is 1. The Kier molecular flexibility index (Phi) is 6.06. The lowest BCUT2D eigenvalue weighted by molar-refractivity contribution is -0.117. The van der Waals surface area contributed by atoms with Crippen LogP contribution in [0.2, 0.25) is 0 Å². The van der Waals surface area contributed by atoms with Gasteiger partial charge >= 0.3 is 0 Å². The average Bonchev–Trinajstić information content (AvgIpc) is 2.70. The topological polar surface area (TPSA) is 79.5 Å². The molecule has 0 atom stereocenters. The highest BCUT2D eigenvalue weighted by molar-refractivity contribution is 6.12. The number of likely N-dealkylation sites (tertiary alicyclic amines) is 1. The van der Waals surface area contributed by atoms with Gasteiger partial charge in [0, 0.05) is 6.20 Å². The highest BCUT2D eigenvalue weighted by Crippen LogP contribution is 2.22. The molecule has 3 rings (SSSR count). The monoisotopic (exact) mass is 381 g/mol. The van der Waals surface area contributed by atoms with Gasteiger partial charge < -0.3 is 10.2 Å². The van der Waals surface area contributed by atoms with E-state index in [0.29, 0.717) is 5.92 Å². The third-order valence-electron chi connectivity index (χ3n) is 4.70. The van der Waals surface area contributed by atoms with Crippen LogP contribution in [0.4, 0.5) is 15.9 Å². The van der Waals surface area contributed by atoms with Gasteiger partial charge in [0.2, 0.25) is 11.6 Å². The van der Waals surface area contributed by atoms with Gasteiger partial charge in [-0.05, 0) is 56.1 Å². The van der Waals surface area contributed by atoms with E-state index in [0.717, 1.165) is 32.0 Å². The second-order valence-corrected chi connectivity index (χ2v) is 6.85. The van der Waals surface area contributed by atoms with E-state index in [4.69, 9.17) is 6.57 Å². The lowest BCUT2D eigenvalue weighted by Crippen LogP contribution is -2.38. The molecule has 1 aliphatic heterocycles. The first-order valence-electron chi connectivity index (χ1n) is 9.04. The highest BCUT2D eigenvalue weighted by Gasteiger charge is 2.26. The average molecular weight is 381 g/mol. The number of rotatable bonds is 5. The van der Waals surface area contributed by atoms with Crippen molar-refractivity contribution < 1.29 is 14.0 Å². The first-order chi connectivity index (χ1) is 13.5. The molecule has 0 aliphatic carbocycles. The van der Waals surface area contributed by atoms with E-state index in [1.165, 1.54) is 24.4 Å². The number of pyridine rings is 2. The van der Waals surface area contributed by atoms with Gasteiger partial charge in [0.15, 0.2) is 11.5 Å². The third kappa shape index (κ3) is 4.56. The van der Waals surface area contributed by atoms with E-state index >= 15 is 0 Å². The molecule has 0 radical (unpaired) electrons. The van der Waals surface area contributed by atoms with Crippen LogP contribution in [0, 0.1) is 18.3 Å². The summed E-state index contributed by atoms with van der Waals surface area (Å²) in [5.74, 6) is -1.24. The third-order valence-corrected chi connectivity index (χ3v) is 4.70. The Balaban J connectivity index is 1.81. The van der Waals surface area contributed by atoms with Crippen molar-refractivity contribution in [3.05, 3.63) is 59.1 Å². The molecular formula is C20H20FN5O2. The number of amides is 1. The van der Waals surface area contributed by atoms with Gasteiger partial charge in [-0.15, -0.1) is 4.98 Å². The number of hydrogen-bond donors (Lipinski definition) is 1. The minimum atomic E-state index is -0.790. The number of carbonyl (C=O) groups is 2. The number of ketones is 1. The molecule has 0 aromatic carbocycles. The Morgan fingerprint density at radius 3 is 2.71 bits per heavy atom. The number of anilines is 1. The van der Waals surface area contributed by atoms with Crippen LogP contribution in [0.25, 0.3) is 4.85 Å². The molecule has 7 nitrogen and oxygen atoms in total. The van der Waals surface area contributed by atoms with Crippen molar-refractivity contribution in [3.63, 3.8) is 0 Å². The summed E-state index contributed by atoms with van der Waals surface area (Å²) < 4.78 is 14.0. The van der Waals surface area contributed by atoms with Crippen LogP contribution in [-0.4, -0.2) is 46.2 Å². The first-order valence-corrected chi connectivity index (χ1v) is 9.04. The smallest absolute Gasteiger partial charge is 0.270 e.